The molecule has 0 spiro atoms. The fourth-order valence-electron chi connectivity index (χ4n) is 2.52. The van der Waals surface area contributed by atoms with Crippen molar-refractivity contribution in [2.75, 3.05) is 13.1 Å². The predicted molar refractivity (Wildman–Crippen MR) is 75.0 cm³/mol. The van der Waals surface area contributed by atoms with Crippen molar-refractivity contribution in [2.45, 2.75) is 45.1 Å². The molecular formula is C16H25NY-2. The van der Waals surface area contributed by atoms with Crippen molar-refractivity contribution in [1.82, 2.24) is 4.90 Å². The van der Waals surface area contributed by atoms with E-state index < -0.39 is 0 Å². The maximum absolute atomic E-state index is 3.37. The molecule has 18 heavy (non-hydrogen) atoms. The van der Waals surface area contributed by atoms with Crippen LogP contribution in [-0.4, -0.2) is 23.5 Å². The average Bonchev–Trinajstić information content (AvgIpc) is 2.29. The zero-order valence-electron chi connectivity index (χ0n) is 12.2. The molecule has 1 aliphatic rings. The Balaban J connectivity index is 0.00000144. The van der Waals surface area contributed by atoms with Gasteiger partial charge in [-0.25, -0.2) is 0 Å². The number of piperidine rings is 1. The Morgan fingerprint density at radius 1 is 1.17 bits per heavy atom. The molecule has 1 heterocycles. The second kappa shape index (κ2) is 7.77. The Bertz CT molecular complexity index is 321. The Morgan fingerprint density at radius 2 is 1.78 bits per heavy atom. The summed E-state index contributed by atoms with van der Waals surface area (Å²) in [5.41, 5.74) is 1.72. The van der Waals surface area contributed by atoms with Crippen LogP contribution in [0.1, 0.15) is 45.1 Å². The number of likely N-dealkylation sites (tertiary alicyclic amines) is 1. The van der Waals surface area contributed by atoms with E-state index in [2.05, 4.69) is 43.9 Å². The van der Waals surface area contributed by atoms with Gasteiger partial charge in [-0.15, -0.1) is 0 Å². The number of rotatable bonds is 1. The molecule has 2 heteroatoms. The van der Waals surface area contributed by atoms with Crippen LogP contribution in [0.25, 0.3) is 0 Å². The molecule has 2 rings (SSSR count). The molecular weight excluding hydrogens is 295 g/mol. The van der Waals surface area contributed by atoms with Gasteiger partial charge in [-0.1, -0.05) is 0 Å². The van der Waals surface area contributed by atoms with Crippen LogP contribution in [0.4, 0.5) is 0 Å². The smallest absolute Gasteiger partial charge is 0.0125 e. The van der Waals surface area contributed by atoms with Crippen LogP contribution in [0.15, 0.2) is 24.3 Å². The summed E-state index contributed by atoms with van der Waals surface area (Å²) in [6.45, 7) is 9.36. The second-order valence-electron chi connectivity index (χ2n) is 5.75. The van der Waals surface area contributed by atoms with E-state index >= 15 is 0 Å². The minimum atomic E-state index is 0. The van der Waals surface area contributed by atoms with Crippen molar-refractivity contribution < 1.29 is 32.7 Å². The first-order chi connectivity index (χ1) is 7.57. The number of hydrogen-bond acceptors (Lipinski definition) is 1. The maximum atomic E-state index is 3.37. The van der Waals surface area contributed by atoms with E-state index in [1.54, 1.807) is 0 Å². The molecule has 0 atom stereocenters. The third-order valence-electron chi connectivity index (χ3n) is 3.62. The summed E-state index contributed by atoms with van der Waals surface area (Å²) in [6, 6.07) is 11.8. The number of hydrogen-bond donors (Lipinski definition) is 0. The van der Waals surface area contributed by atoms with E-state index in [0.29, 0.717) is 5.54 Å². The first-order valence-corrected chi connectivity index (χ1v) is 6.29. The summed E-state index contributed by atoms with van der Waals surface area (Å²) in [4.78, 5) is 2.59. The fraction of sp³-hybridized carbons (Fsp3) is 0.562. The molecule has 0 bridgehead atoms. The topological polar surface area (TPSA) is 3.24 Å². The molecule has 1 aliphatic heterocycles. The van der Waals surface area contributed by atoms with Crippen molar-refractivity contribution in [1.29, 1.82) is 0 Å². The molecule has 1 aromatic rings. The van der Waals surface area contributed by atoms with Crippen molar-refractivity contribution in [2.24, 2.45) is 0 Å². The molecule has 1 nitrogen and oxygen atoms in total. The van der Waals surface area contributed by atoms with E-state index in [1.807, 2.05) is 12.1 Å². The van der Waals surface area contributed by atoms with Gasteiger partial charge in [0.1, 0.15) is 0 Å². The van der Waals surface area contributed by atoms with E-state index in [9.17, 15) is 0 Å². The van der Waals surface area contributed by atoms with Crippen molar-refractivity contribution >= 4 is 0 Å². The molecule has 0 N–H and O–H groups in total. The summed E-state index contributed by atoms with van der Waals surface area (Å²) >= 11 is 0. The SMILES string of the molecule is CC(C)(C)N1CCC(c2[c-]cccc2)CC1.[CH3-].[Y]. The minimum absolute atomic E-state index is 0. The van der Waals surface area contributed by atoms with Gasteiger partial charge in [-0.05, 0) is 52.6 Å². The van der Waals surface area contributed by atoms with Crippen LogP contribution in [0, 0.1) is 13.5 Å². The zero-order valence-corrected chi connectivity index (χ0v) is 15.1. The van der Waals surface area contributed by atoms with Crippen molar-refractivity contribution in [3.63, 3.8) is 0 Å². The summed E-state index contributed by atoms with van der Waals surface area (Å²) in [5, 5.41) is 0. The summed E-state index contributed by atoms with van der Waals surface area (Å²) < 4.78 is 0. The number of nitrogens with zero attached hydrogens (tertiary/aromatic N) is 1. The Labute approximate surface area is 138 Å². The standard InChI is InChI=1S/C15H22N.CH3.Y/c1-15(2,3)16-11-9-14(10-12-16)13-7-5-4-6-8-13;;/h4-7,14H,9-12H2,1-3H3;1H3;/q2*-1;. The van der Waals surface area contributed by atoms with Gasteiger partial charge in [-0.3, -0.25) is 4.90 Å². The van der Waals surface area contributed by atoms with E-state index in [-0.39, 0.29) is 40.1 Å². The minimum Gasteiger partial charge on any atom is -0.358 e. The normalized spacial score (nSPS) is 17.7. The maximum Gasteiger partial charge on any atom is 0.0125 e. The van der Waals surface area contributed by atoms with Gasteiger partial charge in [-0.2, -0.15) is 35.9 Å². The Hall–Kier alpha value is 0.284. The predicted octanol–water partition coefficient (Wildman–Crippen LogP) is 3.91. The molecule has 0 aromatic heterocycles. The number of benzene rings is 1. The molecule has 0 saturated carbocycles. The third kappa shape index (κ3) is 4.75. The Kier molecular flexibility index (Phi) is 7.89. The van der Waals surface area contributed by atoms with Crippen LogP contribution in [0.2, 0.25) is 0 Å². The molecule has 1 aromatic carbocycles. The first kappa shape index (κ1) is 18.3. The van der Waals surface area contributed by atoms with Crippen LogP contribution in [0.3, 0.4) is 0 Å². The summed E-state index contributed by atoms with van der Waals surface area (Å²) in [6.07, 6.45) is 2.55. The van der Waals surface area contributed by atoms with E-state index in [4.69, 9.17) is 0 Å². The van der Waals surface area contributed by atoms with Crippen LogP contribution < -0.4 is 0 Å². The average molecular weight is 320 g/mol. The quantitative estimate of drug-likeness (QED) is 0.709. The van der Waals surface area contributed by atoms with Gasteiger partial charge in [0.2, 0.25) is 0 Å². The van der Waals surface area contributed by atoms with Crippen LogP contribution in [0.5, 0.6) is 0 Å². The van der Waals surface area contributed by atoms with Gasteiger partial charge in [0.15, 0.2) is 0 Å². The molecule has 1 saturated heterocycles. The summed E-state index contributed by atoms with van der Waals surface area (Å²) in [7, 11) is 0. The first-order valence-electron chi connectivity index (χ1n) is 6.29. The van der Waals surface area contributed by atoms with Crippen LogP contribution >= 0.6 is 0 Å². The largest absolute Gasteiger partial charge is 0.358 e. The molecule has 0 amide bonds. The van der Waals surface area contributed by atoms with Crippen LogP contribution in [-0.2, 0) is 32.7 Å². The fourth-order valence-corrected chi connectivity index (χ4v) is 2.52. The van der Waals surface area contributed by atoms with Gasteiger partial charge in [0.05, 0.1) is 0 Å². The Morgan fingerprint density at radius 3 is 2.22 bits per heavy atom. The van der Waals surface area contributed by atoms with Gasteiger partial charge >= 0.3 is 0 Å². The van der Waals surface area contributed by atoms with E-state index in [0.717, 1.165) is 5.92 Å². The second-order valence-corrected chi connectivity index (χ2v) is 5.75. The molecule has 1 radical (unpaired) electrons. The monoisotopic (exact) mass is 320 g/mol. The van der Waals surface area contributed by atoms with E-state index in [1.165, 1.54) is 31.5 Å². The summed E-state index contributed by atoms with van der Waals surface area (Å²) in [5.74, 6) is 0.722. The van der Waals surface area contributed by atoms with Gasteiger partial charge < -0.3 is 7.43 Å². The van der Waals surface area contributed by atoms with Crippen molar-refractivity contribution in [3.8, 4) is 0 Å². The van der Waals surface area contributed by atoms with Gasteiger partial charge in [0.25, 0.3) is 0 Å². The molecule has 0 aliphatic carbocycles. The molecule has 99 valence electrons. The molecule has 0 unspecified atom stereocenters. The zero-order chi connectivity index (χ0) is 11.6. The van der Waals surface area contributed by atoms with Crippen molar-refractivity contribution in [3.05, 3.63) is 43.3 Å². The molecule has 1 fully saturated rings. The third-order valence-corrected chi connectivity index (χ3v) is 3.62. The van der Waals surface area contributed by atoms with Gasteiger partial charge in [0, 0.05) is 38.2 Å².